The number of aliphatic hydroxyl groups excluding tert-OH is 1. The van der Waals surface area contributed by atoms with E-state index in [2.05, 4.69) is 4.90 Å². The highest BCUT2D eigenvalue weighted by Gasteiger charge is 2.28. The van der Waals surface area contributed by atoms with E-state index in [1.54, 1.807) is 25.1 Å². The third-order valence-corrected chi connectivity index (χ3v) is 6.33. The van der Waals surface area contributed by atoms with Crippen LogP contribution in [0.1, 0.15) is 19.8 Å². The summed E-state index contributed by atoms with van der Waals surface area (Å²) in [4.78, 5) is 2.26. The van der Waals surface area contributed by atoms with Crippen molar-refractivity contribution in [2.24, 2.45) is 0 Å². The van der Waals surface area contributed by atoms with Crippen molar-refractivity contribution in [3.8, 4) is 0 Å². The lowest BCUT2D eigenvalue weighted by Crippen LogP contribution is -2.42. The molecular formula is C15H23ClN2O3S. The van der Waals surface area contributed by atoms with Crippen molar-refractivity contribution >= 4 is 21.6 Å². The Morgan fingerprint density at radius 2 is 1.95 bits per heavy atom. The zero-order valence-corrected chi connectivity index (χ0v) is 14.4. The average Bonchev–Trinajstić information content (AvgIpc) is 2.97. The Hall–Kier alpha value is -0.660. The van der Waals surface area contributed by atoms with Crippen molar-refractivity contribution in [1.82, 2.24) is 9.21 Å². The van der Waals surface area contributed by atoms with Gasteiger partial charge in [-0.2, -0.15) is 4.31 Å². The van der Waals surface area contributed by atoms with Gasteiger partial charge in [0.05, 0.1) is 11.1 Å². The zero-order chi connectivity index (χ0) is 16.2. The molecule has 1 aromatic rings. The number of likely N-dealkylation sites (N-methyl/N-ethyl adjacent to an activating group) is 1. The summed E-state index contributed by atoms with van der Waals surface area (Å²) < 4.78 is 26.6. The van der Waals surface area contributed by atoms with E-state index in [4.69, 9.17) is 11.6 Å². The SMILES string of the molecule is CCN(CC(O)CN1CCCC1)S(=O)(=O)c1ccccc1Cl. The number of nitrogens with zero attached hydrogens (tertiary/aromatic N) is 2. The number of sulfonamides is 1. The summed E-state index contributed by atoms with van der Waals surface area (Å²) in [5.74, 6) is 0. The lowest BCUT2D eigenvalue weighted by molar-refractivity contribution is 0.106. The molecule has 7 heteroatoms. The minimum absolute atomic E-state index is 0.0839. The van der Waals surface area contributed by atoms with Gasteiger partial charge in [-0.25, -0.2) is 8.42 Å². The molecule has 0 saturated carbocycles. The average molecular weight is 347 g/mol. The van der Waals surface area contributed by atoms with E-state index in [0.717, 1.165) is 25.9 Å². The van der Waals surface area contributed by atoms with Gasteiger partial charge < -0.3 is 10.0 Å². The molecule has 0 aliphatic carbocycles. The van der Waals surface area contributed by atoms with Crippen LogP contribution in [-0.2, 0) is 10.0 Å². The fraction of sp³-hybridized carbons (Fsp3) is 0.600. The Labute approximate surface area is 137 Å². The summed E-state index contributed by atoms with van der Waals surface area (Å²) in [7, 11) is -3.69. The molecule has 0 radical (unpaired) electrons. The van der Waals surface area contributed by atoms with E-state index < -0.39 is 16.1 Å². The first kappa shape index (κ1) is 17.7. The van der Waals surface area contributed by atoms with Crippen LogP contribution in [0, 0.1) is 0 Å². The maximum Gasteiger partial charge on any atom is 0.244 e. The highest BCUT2D eigenvalue weighted by atomic mass is 35.5. The molecule has 1 fully saturated rings. The van der Waals surface area contributed by atoms with Gasteiger partial charge in [0.2, 0.25) is 10.0 Å². The van der Waals surface area contributed by atoms with Crippen LogP contribution in [0.25, 0.3) is 0 Å². The van der Waals surface area contributed by atoms with Crippen LogP contribution in [0.15, 0.2) is 29.2 Å². The molecule has 1 heterocycles. The molecule has 0 aromatic heterocycles. The Morgan fingerprint density at radius 3 is 2.55 bits per heavy atom. The molecule has 22 heavy (non-hydrogen) atoms. The van der Waals surface area contributed by atoms with E-state index in [1.807, 2.05) is 0 Å². The predicted molar refractivity (Wildman–Crippen MR) is 87.6 cm³/mol. The lowest BCUT2D eigenvalue weighted by Gasteiger charge is -2.26. The first-order valence-electron chi connectivity index (χ1n) is 7.60. The zero-order valence-electron chi connectivity index (χ0n) is 12.8. The Kier molecular flexibility index (Phi) is 6.23. The number of rotatable bonds is 7. The van der Waals surface area contributed by atoms with Crippen molar-refractivity contribution < 1.29 is 13.5 Å². The van der Waals surface area contributed by atoms with E-state index in [0.29, 0.717) is 13.1 Å². The van der Waals surface area contributed by atoms with E-state index >= 15 is 0 Å². The van der Waals surface area contributed by atoms with Gasteiger partial charge in [0.15, 0.2) is 0 Å². The Bertz CT molecular complexity index is 588. The van der Waals surface area contributed by atoms with Crippen LogP contribution < -0.4 is 0 Å². The largest absolute Gasteiger partial charge is 0.390 e. The van der Waals surface area contributed by atoms with Crippen LogP contribution in [0.3, 0.4) is 0 Å². The minimum atomic E-state index is -3.69. The smallest absolute Gasteiger partial charge is 0.244 e. The van der Waals surface area contributed by atoms with E-state index in [1.165, 1.54) is 10.4 Å². The van der Waals surface area contributed by atoms with Crippen LogP contribution in [0.4, 0.5) is 0 Å². The maximum absolute atomic E-state index is 12.7. The number of halogens is 1. The second-order valence-electron chi connectivity index (χ2n) is 5.55. The number of hydrogen-bond acceptors (Lipinski definition) is 4. The van der Waals surface area contributed by atoms with Gasteiger partial charge in [0.1, 0.15) is 4.90 Å². The van der Waals surface area contributed by atoms with Crippen LogP contribution in [0.2, 0.25) is 5.02 Å². The Balaban J connectivity index is 2.08. The van der Waals surface area contributed by atoms with Gasteiger partial charge in [-0.1, -0.05) is 30.7 Å². The van der Waals surface area contributed by atoms with Gasteiger partial charge in [0.25, 0.3) is 0 Å². The van der Waals surface area contributed by atoms with Crippen molar-refractivity contribution in [2.45, 2.75) is 30.8 Å². The molecule has 1 aromatic carbocycles. The maximum atomic E-state index is 12.7. The summed E-state index contributed by atoms with van der Waals surface area (Å²) in [6, 6.07) is 6.39. The molecule has 2 rings (SSSR count). The molecule has 1 atom stereocenters. The summed E-state index contributed by atoms with van der Waals surface area (Å²) >= 11 is 6.01. The van der Waals surface area contributed by atoms with Crippen LogP contribution in [-0.4, -0.2) is 61.6 Å². The molecule has 1 unspecified atom stereocenters. The third kappa shape index (κ3) is 4.20. The standard InChI is InChI=1S/C15H23ClN2O3S/c1-2-18(12-13(19)11-17-9-5-6-10-17)22(20,21)15-8-4-3-7-14(15)16/h3-4,7-8,13,19H,2,5-6,9-12H2,1H3. The van der Waals surface area contributed by atoms with Gasteiger partial charge in [-0.3, -0.25) is 0 Å². The molecule has 124 valence electrons. The van der Waals surface area contributed by atoms with Gasteiger partial charge in [0, 0.05) is 19.6 Å². The highest BCUT2D eigenvalue weighted by molar-refractivity contribution is 7.89. The first-order valence-corrected chi connectivity index (χ1v) is 9.42. The normalized spacial score (nSPS) is 18.0. The fourth-order valence-corrected chi connectivity index (χ4v) is 4.73. The van der Waals surface area contributed by atoms with E-state index in [9.17, 15) is 13.5 Å². The number of β-amino-alcohol motifs (C(OH)–C–C–N with tert-alkyl or cyclic N) is 1. The van der Waals surface area contributed by atoms with Gasteiger partial charge in [-0.05, 0) is 38.1 Å². The number of likely N-dealkylation sites (tertiary alicyclic amines) is 1. The first-order chi connectivity index (χ1) is 10.4. The monoisotopic (exact) mass is 346 g/mol. The molecule has 0 bridgehead atoms. The number of benzene rings is 1. The summed E-state index contributed by atoms with van der Waals surface area (Å²) in [5, 5.41) is 10.4. The fourth-order valence-electron chi connectivity index (χ4n) is 2.75. The molecule has 1 saturated heterocycles. The molecule has 1 aliphatic heterocycles. The van der Waals surface area contributed by atoms with Gasteiger partial charge in [-0.15, -0.1) is 0 Å². The second-order valence-corrected chi connectivity index (χ2v) is 7.86. The summed E-state index contributed by atoms with van der Waals surface area (Å²) in [6.07, 6.45) is 1.58. The van der Waals surface area contributed by atoms with Crippen molar-refractivity contribution in [2.75, 3.05) is 32.7 Å². The molecule has 0 amide bonds. The van der Waals surface area contributed by atoms with Crippen LogP contribution in [0.5, 0.6) is 0 Å². The molecule has 1 aliphatic rings. The van der Waals surface area contributed by atoms with Crippen LogP contribution >= 0.6 is 11.6 Å². The lowest BCUT2D eigenvalue weighted by atomic mass is 10.3. The summed E-state index contributed by atoms with van der Waals surface area (Å²) in [6.45, 7) is 4.59. The molecule has 0 spiro atoms. The predicted octanol–water partition coefficient (Wildman–Crippen LogP) is 1.81. The molecular weight excluding hydrogens is 324 g/mol. The summed E-state index contributed by atoms with van der Waals surface area (Å²) in [5.41, 5.74) is 0. The van der Waals surface area contributed by atoms with E-state index in [-0.39, 0.29) is 16.5 Å². The number of aliphatic hydroxyl groups is 1. The topological polar surface area (TPSA) is 60.9 Å². The highest BCUT2D eigenvalue weighted by Crippen LogP contribution is 2.24. The molecule has 1 N–H and O–H groups in total. The Morgan fingerprint density at radius 1 is 1.32 bits per heavy atom. The minimum Gasteiger partial charge on any atom is -0.390 e. The van der Waals surface area contributed by atoms with Crippen molar-refractivity contribution in [1.29, 1.82) is 0 Å². The number of hydrogen-bond donors (Lipinski definition) is 1. The second kappa shape index (κ2) is 7.75. The third-order valence-electron chi connectivity index (χ3n) is 3.89. The molecule has 5 nitrogen and oxygen atoms in total. The van der Waals surface area contributed by atoms with Crippen molar-refractivity contribution in [3.05, 3.63) is 29.3 Å². The quantitative estimate of drug-likeness (QED) is 0.818. The van der Waals surface area contributed by atoms with Crippen molar-refractivity contribution in [3.63, 3.8) is 0 Å². The van der Waals surface area contributed by atoms with Gasteiger partial charge >= 0.3 is 0 Å².